The van der Waals surface area contributed by atoms with Crippen molar-refractivity contribution in [2.75, 3.05) is 13.1 Å². The molecule has 2 aromatic carbocycles. The lowest BCUT2D eigenvalue weighted by Crippen LogP contribution is -2.29. The Kier molecular flexibility index (Phi) is 4.53. The summed E-state index contributed by atoms with van der Waals surface area (Å²) in [4.78, 5) is 25.7. The summed E-state index contributed by atoms with van der Waals surface area (Å²) >= 11 is 5.82. The van der Waals surface area contributed by atoms with Gasteiger partial charge in [0.25, 0.3) is 5.91 Å². The zero-order chi connectivity index (χ0) is 17.3. The molecule has 4 nitrogen and oxygen atoms in total. The van der Waals surface area contributed by atoms with Gasteiger partial charge in [-0.05, 0) is 42.0 Å². The van der Waals surface area contributed by atoms with Crippen LogP contribution in [0.15, 0.2) is 48.5 Å². The maximum atomic E-state index is 13.5. The Balaban J connectivity index is 1.86. The zero-order valence-electron chi connectivity index (χ0n) is 12.7. The third kappa shape index (κ3) is 3.26. The standard InChI is InChI=1S/C18H15ClFNO3/c19-13-6-4-11(5-7-13)17(22)21-9-15(16(10-21)18(23)24)12-2-1-3-14(20)8-12/h1-8,15-16H,9-10H2,(H,23,24)/t15-,16+/m0/s1. The van der Waals surface area contributed by atoms with Crippen molar-refractivity contribution in [1.82, 2.24) is 4.90 Å². The quantitative estimate of drug-likeness (QED) is 0.925. The van der Waals surface area contributed by atoms with Crippen molar-refractivity contribution >= 4 is 23.5 Å². The third-order valence-corrected chi connectivity index (χ3v) is 4.54. The molecule has 1 fully saturated rings. The lowest BCUT2D eigenvalue weighted by atomic mass is 9.89. The van der Waals surface area contributed by atoms with E-state index in [1.165, 1.54) is 17.0 Å². The van der Waals surface area contributed by atoms with E-state index in [1.807, 2.05) is 0 Å². The van der Waals surface area contributed by atoms with Crippen LogP contribution in [0.2, 0.25) is 5.02 Å². The Morgan fingerprint density at radius 3 is 2.46 bits per heavy atom. The number of hydrogen-bond donors (Lipinski definition) is 1. The van der Waals surface area contributed by atoms with Gasteiger partial charge in [0.2, 0.25) is 0 Å². The van der Waals surface area contributed by atoms with Crippen LogP contribution < -0.4 is 0 Å². The van der Waals surface area contributed by atoms with Crippen molar-refractivity contribution in [3.05, 3.63) is 70.5 Å². The fourth-order valence-corrected chi connectivity index (χ4v) is 3.20. The maximum Gasteiger partial charge on any atom is 0.308 e. The predicted molar refractivity (Wildman–Crippen MR) is 87.6 cm³/mol. The largest absolute Gasteiger partial charge is 0.481 e. The Labute approximate surface area is 143 Å². The van der Waals surface area contributed by atoms with Gasteiger partial charge in [0.15, 0.2) is 0 Å². The van der Waals surface area contributed by atoms with Crippen molar-refractivity contribution in [3.63, 3.8) is 0 Å². The van der Waals surface area contributed by atoms with Crippen molar-refractivity contribution in [2.24, 2.45) is 5.92 Å². The number of carboxylic acid groups (broad SMARTS) is 1. The molecule has 1 aliphatic heterocycles. The highest BCUT2D eigenvalue weighted by Gasteiger charge is 2.40. The first-order valence-corrected chi connectivity index (χ1v) is 7.86. The Bertz CT molecular complexity index is 778. The van der Waals surface area contributed by atoms with Crippen LogP contribution in [0.3, 0.4) is 0 Å². The van der Waals surface area contributed by atoms with Gasteiger partial charge in [0.05, 0.1) is 5.92 Å². The highest BCUT2D eigenvalue weighted by atomic mass is 35.5. The number of aliphatic carboxylic acids is 1. The molecule has 1 amide bonds. The highest BCUT2D eigenvalue weighted by Crippen LogP contribution is 2.34. The minimum Gasteiger partial charge on any atom is -0.481 e. The summed E-state index contributed by atoms with van der Waals surface area (Å²) in [5.41, 5.74) is 1.04. The number of rotatable bonds is 3. The van der Waals surface area contributed by atoms with Gasteiger partial charge in [-0.15, -0.1) is 0 Å². The van der Waals surface area contributed by atoms with Gasteiger partial charge >= 0.3 is 5.97 Å². The number of halogens is 2. The Hall–Kier alpha value is -2.40. The average Bonchev–Trinajstić information content (AvgIpc) is 3.00. The van der Waals surface area contributed by atoms with Crippen LogP contribution >= 0.6 is 11.6 Å². The number of likely N-dealkylation sites (tertiary alicyclic amines) is 1. The van der Waals surface area contributed by atoms with Crippen molar-refractivity contribution in [2.45, 2.75) is 5.92 Å². The van der Waals surface area contributed by atoms with Gasteiger partial charge in [-0.3, -0.25) is 9.59 Å². The van der Waals surface area contributed by atoms with Crippen LogP contribution in [0.4, 0.5) is 4.39 Å². The van der Waals surface area contributed by atoms with E-state index in [4.69, 9.17) is 11.6 Å². The topological polar surface area (TPSA) is 57.6 Å². The zero-order valence-corrected chi connectivity index (χ0v) is 13.4. The number of carboxylic acids is 1. The first-order valence-electron chi connectivity index (χ1n) is 7.49. The molecule has 3 rings (SSSR count). The smallest absolute Gasteiger partial charge is 0.308 e. The first kappa shape index (κ1) is 16.5. The average molecular weight is 348 g/mol. The van der Waals surface area contributed by atoms with Crippen molar-refractivity contribution < 1.29 is 19.1 Å². The minimum absolute atomic E-state index is 0.0952. The summed E-state index contributed by atoms with van der Waals surface area (Å²) < 4.78 is 13.5. The molecular weight excluding hydrogens is 333 g/mol. The van der Waals surface area contributed by atoms with Gasteiger partial charge in [0, 0.05) is 29.6 Å². The summed E-state index contributed by atoms with van der Waals surface area (Å²) in [6, 6.07) is 12.3. The van der Waals surface area contributed by atoms with Crippen LogP contribution in [0.5, 0.6) is 0 Å². The lowest BCUT2D eigenvalue weighted by molar-refractivity contribution is -0.141. The molecule has 2 aromatic rings. The molecule has 0 saturated carbocycles. The number of benzene rings is 2. The number of hydrogen-bond acceptors (Lipinski definition) is 2. The molecule has 1 saturated heterocycles. The molecule has 1 N–H and O–H groups in total. The molecule has 24 heavy (non-hydrogen) atoms. The molecule has 2 atom stereocenters. The summed E-state index contributed by atoms with van der Waals surface area (Å²) in [7, 11) is 0. The molecule has 0 aromatic heterocycles. The van der Waals surface area contributed by atoms with Crippen molar-refractivity contribution in [1.29, 1.82) is 0 Å². The molecule has 124 valence electrons. The number of carbonyl (C=O) groups is 2. The molecule has 0 bridgehead atoms. The van der Waals surface area contributed by atoms with Gasteiger partial charge in [0.1, 0.15) is 5.82 Å². The number of carbonyl (C=O) groups excluding carboxylic acids is 1. The minimum atomic E-state index is -0.990. The fourth-order valence-electron chi connectivity index (χ4n) is 3.07. The second-order valence-electron chi connectivity index (χ2n) is 5.82. The molecule has 1 heterocycles. The monoisotopic (exact) mass is 347 g/mol. The Morgan fingerprint density at radius 1 is 1.12 bits per heavy atom. The van der Waals surface area contributed by atoms with Gasteiger partial charge in [-0.25, -0.2) is 4.39 Å². The van der Waals surface area contributed by atoms with Gasteiger partial charge in [-0.2, -0.15) is 0 Å². The van der Waals surface area contributed by atoms with E-state index in [1.54, 1.807) is 36.4 Å². The third-order valence-electron chi connectivity index (χ3n) is 4.29. The molecule has 0 spiro atoms. The SMILES string of the molecule is O=C(O)[C@@H]1CN(C(=O)c2ccc(Cl)cc2)C[C@H]1c1cccc(F)c1. The van der Waals surface area contributed by atoms with Gasteiger partial charge < -0.3 is 10.0 Å². The lowest BCUT2D eigenvalue weighted by Gasteiger charge is -2.16. The van der Waals surface area contributed by atoms with E-state index in [9.17, 15) is 19.1 Å². The number of nitrogens with zero attached hydrogens (tertiary/aromatic N) is 1. The molecule has 0 radical (unpaired) electrons. The first-order chi connectivity index (χ1) is 11.5. The van der Waals surface area contributed by atoms with E-state index < -0.39 is 23.6 Å². The maximum absolute atomic E-state index is 13.5. The fraction of sp³-hybridized carbons (Fsp3) is 0.222. The van der Waals surface area contributed by atoms with Crippen LogP contribution in [0.1, 0.15) is 21.8 Å². The van der Waals surface area contributed by atoms with Crippen LogP contribution in [0.25, 0.3) is 0 Å². The van der Waals surface area contributed by atoms with E-state index in [0.717, 1.165) is 0 Å². The highest BCUT2D eigenvalue weighted by molar-refractivity contribution is 6.30. The predicted octanol–water partition coefficient (Wildman–Crippen LogP) is 3.42. The van der Waals surface area contributed by atoms with Crippen LogP contribution in [-0.2, 0) is 4.79 Å². The second-order valence-corrected chi connectivity index (χ2v) is 6.26. The molecule has 0 aliphatic carbocycles. The molecule has 0 unspecified atom stereocenters. The number of amides is 1. The molecular formula is C18H15ClFNO3. The summed E-state index contributed by atoms with van der Waals surface area (Å²) in [5.74, 6) is -2.86. The normalized spacial score (nSPS) is 20.2. The van der Waals surface area contributed by atoms with Crippen molar-refractivity contribution in [3.8, 4) is 0 Å². The summed E-state index contributed by atoms with van der Waals surface area (Å²) in [6.07, 6.45) is 0. The summed E-state index contributed by atoms with van der Waals surface area (Å²) in [6.45, 7) is 0.333. The van der Waals surface area contributed by atoms with E-state index >= 15 is 0 Å². The summed E-state index contributed by atoms with van der Waals surface area (Å²) in [5, 5.41) is 9.99. The van der Waals surface area contributed by atoms with E-state index in [0.29, 0.717) is 16.1 Å². The molecule has 6 heteroatoms. The molecule has 1 aliphatic rings. The second kappa shape index (κ2) is 6.61. The van der Waals surface area contributed by atoms with Crippen LogP contribution in [0, 0.1) is 11.7 Å². The van der Waals surface area contributed by atoms with E-state index in [-0.39, 0.29) is 19.0 Å². The van der Waals surface area contributed by atoms with Gasteiger partial charge in [-0.1, -0.05) is 23.7 Å². The Morgan fingerprint density at radius 2 is 1.83 bits per heavy atom. The van der Waals surface area contributed by atoms with E-state index in [2.05, 4.69) is 0 Å². The van der Waals surface area contributed by atoms with Crippen LogP contribution in [-0.4, -0.2) is 35.0 Å².